The van der Waals surface area contributed by atoms with Gasteiger partial charge in [0.2, 0.25) is 5.91 Å². The molecule has 0 aliphatic carbocycles. The van der Waals surface area contributed by atoms with Gasteiger partial charge in [0.15, 0.2) is 0 Å². The van der Waals surface area contributed by atoms with Crippen LogP contribution in [0.3, 0.4) is 0 Å². The summed E-state index contributed by atoms with van der Waals surface area (Å²) < 4.78 is 5.79. The number of nitrogens with zero attached hydrogens (tertiary/aromatic N) is 1. The zero-order valence-electron chi connectivity index (χ0n) is 17.7. The lowest BCUT2D eigenvalue weighted by atomic mass is 10.00. The minimum atomic E-state index is -0.249. The SMILES string of the molecule is C[C@H]1CN(C(C)(C)CNC(=O)CNC(=O)c2ccc3ccccc3c2)C[C@H](C)O1. The average molecular weight is 398 g/mol. The van der Waals surface area contributed by atoms with Crippen molar-refractivity contribution in [1.29, 1.82) is 0 Å². The summed E-state index contributed by atoms with van der Waals surface area (Å²) in [6, 6.07) is 13.4. The molecule has 0 spiro atoms. The van der Waals surface area contributed by atoms with Gasteiger partial charge in [-0.1, -0.05) is 30.3 Å². The normalized spacial score (nSPS) is 20.4. The molecule has 2 atom stereocenters. The van der Waals surface area contributed by atoms with E-state index in [1.165, 1.54) is 0 Å². The number of hydrogen-bond donors (Lipinski definition) is 2. The van der Waals surface area contributed by atoms with E-state index in [4.69, 9.17) is 4.74 Å². The van der Waals surface area contributed by atoms with Gasteiger partial charge in [-0.3, -0.25) is 14.5 Å². The first kappa shape index (κ1) is 21.3. The molecular weight excluding hydrogens is 366 g/mol. The molecule has 2 aromatic rings. The molecule has 1 aliphatic heterocycles. The Morgan fingerprint density at radius 2 is 1.69 bits per heavy atom. The highest BCUT2D eigenvalue weighted by Gasteiger charge is 2.33. The van der Waals surface area contributed by atoms with E-state index < -0.39 is 0 Å². The number of amides is 2. The highest BCUT2D eigenvalue weighted by atomic mass is 16.5. The number of fused-ring (bicyclic) bond motifs is 1. The Morgan fingerprint density at radius 3 is 2.38 bits per heavy atom. The van der Waals surface area contributed by atoms with Gasteiger partial charge in [-0.25, -0.2) is 0 Å². The maximum absolute atomic E-state index is 12.4. The second-order valence-electron chi connectivity index (χ2n) is 8.50. The molecule has 0 saturated carbocycles. The second-order valence-corrected chi connectivity index (χ2v) is 8.50. The van der Waals surface area contributed by atoms with Crippen LogP contribution in [-0.4, -0.2) is 60.6 Å². The van der Waals surface area contributed by atoms with Crippen LogP contribution in [0.25, 0.3) is 10.8 Å². The number of ether oxygens (including phenoxy) is 1. The van der Waals surface area contributed by atoms with Crippen molar-refractivity contribution >= 4 is 22.6 Å². The topological polar surface area (TPSA) is 70.7 Å². The predicted octanol–water partition coefficient (Wildman–Crippen LogP) is 2.57. The zero-order chi connectivity index (χ0) is 21.0. The first-order chi connectivity index (χ1) is 13.7. The Labute approximate surface area is 172 Å². The van der Waals surface area contributed by atoms with Crippen LogP contribution < -0.4 is 10.6 Å². The predicted molar refractivity (Wildman–Crippen MR) is 115 cm³/mol. The summed E-state index contributed by atoms with van der Waals surface area (Å²) in [5, 5.41) is 7.74. The van der Waals surface area contributed by atoms with Gasteiger partial charge in [0.05, 0.1) is 18.8 Å². The fourth-order valence-corrected chi connectivity index (χ4v) is 3.75. The monoisotopic (exact) mass is 397 g/mol. The van der Waals surface area contributed by atoms with E-state index in [-0.39, 0.29) is 36.1 Å². The summed E-state index contributed by atoms with van der Waals surface area (Å²) in [4.78, 5) is 27.0. The minimum absolute atomic E-state index is 0.0440. The molecule has 2 aromatic carbocycles. The lowest BCUT2D eigenvalue weighted by molar-refractivity contribution is -0.122. The summed E-state index contributed by atoms with van der Waals surface area (Å²) in [5.41, 5.74) is 0.359. The van der Waals surface area contributed by atoms with Gasteiger partial charge >= 0.3 is 0 Å². The molecule has 0 unspecified atom stereocenters. The fourth-order valence-electron chi connectivity index (χ4n) is 3.75. The standard InChI is InChI=1S/C23H31N3O3/c1-16-13-26(14-17(2)29-16)23(3,4)15-25-21(27)12-24-22(28)20-10-9-18-7-5-6-8-19(18)11-20/h5-11,16-17H,12-15H2,1-4H3,(H,24,28)(H,25,27)/t16-,17-/m0/s1. The molecule has 29 heavy (non-hydrogen) atoms. The highest BCUT2D eigenvalue weighted by Crippen LogP contribution is 2.20. The van der Waals surface area contributed by atoms with E-state index in [0.717, 1.165) is 23.9 Å². The summed E-state index contributed by atoms with van der Waals surface area (Å²) in [6.07, 6.45) is 0.352. The van der Waals surface area contributed by atoms with E-state index >= 15 is 0 Å². The van der Waals surface area contributed by atoms with Gasteiger partial charge in [0.25, 0.3) is 5.91 Å². The maximum atomic E-state index is 12.4. The molecule has 156 valence electrons. The smallest absolute Gasteiger partial charge is 0.251 e. The van der Waals surface area contributed by atoms with Crippen LogP contribution in [0.4, 0.5) is 0 Å². The number of hydrogen-bond acceptors (Lipinski definition) is 4. The van der Waals surface area contributed by atoms with Gasteiger partial charge < -0.3 is 15.4 Å². The Balaban J connectivity index is 1.49. The Morgan fingerprint density at radius 1 is 1.03 bits per heavy atom. The van der Waals surface area contributed by atoms with Gasteiger partial charge in [-0.2, -0.15) is 0 Å². The van der Waals surface area contributed by atoms with Crippen molar-refractivity contribution in [2.45, 2.75) is 45.4 Å². The van der Waals surface area contributed by atoms with Gasteiger partial charge in [0, 0.05) is 30.7 Å². The van der Waals surface area contributed by atoms with Gasteiger partial charge in [0.1, 0.15) is 0 Å². The number of benzene rings is 2. The van der Waals surface area contributed by atoms with Crippen molar-refractivity contribution in [2.24, 2.45) is 0 Å². The van der Waals surface area contributed by atoms with Crippen LogP contribution in [0.15, 0.2) is 42.5 Å². The molecule has 1 heterocycles. The number of nitrogens with one attached hydrogen (secondary N) is 2. The van der Waals surface area contributed by atoms with E-state index in [1.807, 2.05) is 36.4 Å². The van der Waals surface area contributed by atoms with Gasteiger partial charge in [-0.15, -0.1) is 0 Å². The van der Waals surface area contributed by atoms with Crippen molar-refractivity contribution in [3.05, 3.63) is 48.0 Å². The Hall–Kier alpha value is -2.44. The average Bonchev–Trinajstić information content (AvgIpc) is 2.69. The first-order valence-corrected chi connectivity index (χ1v) is 10.2. The summed E-state index contributed by atoms with van der Waals surface area (Å²) in [5.74, 6) is -0.442. The van der Waals surface area contributed by atoms with Crippen LogP contribution >= 0.6 is 0 Å². The van der Waals surface area contributed by atoms with E-state index in [9.17, 15) is 9.59 Å². The molecule has 6 heteroatoms. The van der Waals surface area contributed by atoms with Crippen LogP contribution in [0.1, 0.15) is 38.1 Å². The van der Waals surface area contributed by atoms with E-state index in [0.29, 0.717) is 12.1 Å². The zero-order valence-corrected chi connectivity index (χ0v) is 17.7. The van der Waals surface area contributed by atoms with Crippen molar-refractivity contribution in [2.75, 3.05) is 26.2 Å². The quantitative estimate of drug-likeness (QED) is 0.786. The van der Waals surface area contributed by atoms with Crippen LogP contribution in [0.2, 0.25) is 0 Å². The Kier molecular flexibility index (Phi) is 6.55. The molecule has 2 N–H and O–H groups in total. The highest BCUT2D eigenvalue weighted by molar-refractivity contribution is 5.99. The molecule has 1 fully saturated rings. The number of rotatable bonds is 6. The van der Waals surface area contributed by atoms with Crippen molar-refractivity contribution in [3.8, 4) is 0 Å². The van der Waals surface area contributed by atoms with Crippen molar-refractivity contribution in [3.63, 3.8) is 0 Å². The lowest BCUT2D eigenvalue weighted by Gasteiger charge is -2.45. The first-order valence-electron chi connectivity index (χ1n) is 10.2. The summed E-state index contributed by atoms with van der Waals surface area (Å²) in [6.45, 7) is 10.5. The van der Waals surface area contributed by atoms with Crippen LogP contribution in [0, 0.1) is 0 Å². The summed E-state index contributed by atoms with van der Waals surface area (Å²) >= 11 is 0. The van der Waals surface area contributed by atoms with E-state index in [2.05, 4.69) is 43.2 Å². The third kappa shape index (κ3) is 5.55. The molecule has 3 rings (SSSR count). The molecule has 1 aliphatic rings. The number of carbonyl (C=O) groups excluding carboxylic acids is 2. The molecule has 6 nitrogen and oxygen atoms in total. The van der Waals surface area contributed by atoms with Crippen LogP contribution in [0.5, 0.6) is 0 Å². The Bertz CT molecular complexity index is 871. The van der Waals surface area contributed by atoms with E-state index in [1.54, 1.807) is 6.07 Å². The molecule has 0 bridgehead atoms. The molecule has 1 saturated heterocycles. The van der Waals surface area contributed by atoms with Crippen molar-refractivity contribution in [1.82, 2.24) is 15.5 Å². The third-order valence-electron chi connectivity index (χ3n) is 5.41. The maximum Gasteiger partial charge on any atom is 0.251 e. The fraction of sp³-hybridized carbons (Fsp3) is 0.478. The molecule has 2 amide bonds. The second kappa shape index (κ2) is 8.93. The molecular formula is C23H31N3O3. The minimum Gasteiger partial charge on any atom is -0.373 e. The number of morpholine rings is 1. The van der Waals surface area contributed by atoms with Crippen LogP contribution in [-0.2, 0) is 9.53 Å². The summed E-state index contributed by atoms with van der Waals surface area (Å²) in [7, 11) is 0. The largest absolute Gasteiger partial charge is 0.373 e. The van der Waals surface area contributed by atoms with Gasteiger partial charge in [-0.05, 0) is 50.6 Å². The number of carbonyl (C=O) groups is 2. The third-order valence-corrected chi connectivity index (χ3v) is 5.41. The molecule has 0 aromatic heterocycles. The van der Waals surface area contributed by atoms with Crippen molar-refractivity contribution < 1.29 is 14.3 Å². The molecule has 0 radical (unpaired) electrons. The lowest BCUT2D eigenvalue weighted by Crippen LogP contribution is -2.59.